The van der Waals surface area contributed by atoms with Gasteiger partial charge in [-0.2, -0.15) is 0 Å². The normalized spacial score (nSPS) is 16.6. The summed E-state index contributed by atoms with van der Waals surface area (Å²) in [5, 5.41) is 10.3. The number of nitrogens with zero attached hydrogens (tertiary/aromatic N) is 3. The number of carboxylic acid groups (broad SMARTS) is 1. The number of anilines is 1. The number of benzene rings is 3. The Labute approximate surface area is 231 Å². The number of amides is 1. The first-order valence-electron chi connectivity index (χ1n) is 13.0. The number of imidazole rings is 1. The second-order valence-electron chi connectivity index (χ2n) is 10.3. The highest BCUT2D eigenvalue weighted by molar-refractivity contribution is 5.91. The highest BCUT2D eigenvalue weighted by Gasteiger charge is 2.45. The van der Waals surface area contributed by atoms with E-state index < -0.39 is 41.5 Å². The number of aliphatic carboxylic acids is 1. The van der Waals surface area contributed by atoms with Crippen molar-refractivity contribution in [3.63, 3.8) is 0 Å². The Balaban J connectivity index is 1.63. The lowest BCUT2D eigenvalue weighted by Gasteiger charge is -2.41. The van der Waals surface area contributed by atoms with Crippen molar-refractivity contribution in [2.24, 2.45) is 0 Å². The molecule has 40 heavy (non-hydrogen) atoms. The third-order valence-electron chi connectivity index (χ3n) is 7.50. The van der Waals surface area contributed by atoms with Crippen LogP contribution in [-0.4, -0.2) is 52.0 Å². The van der Waals surface area contributed by atoms with E-state index >= 15 is 0 Å². The first-order chi connectivity index (χ1) is 19.1. The number of H-pyrrole nitrogens is 1. The molecule has 4 aromatic rings. The molecule has 7 nitrogen and oxygen atoms in total. The van der Waals surface area contributed by atoms with Gasteiger partial charge in [-0.05, 0) is 65.9 Å². The standard InChI is InChI=1S/C31H30F2N4O3/c1-18-14-19(4-13-25(18)36(2)3)15-26-29-24(34-17-35-29)16-27(31(39)40)37(26)30(38)28(20-5-9-22(32)10-6-20)21-7-11-23(33)12-8-21/h4-14,17,26-28H,15-16H2,1-3H3,(H,34,35)(H,39,40)/t26?,27-/m0/s1. The van der Waals surface area contributed by atoms with Crippen LogP contribution in [0.2, 0.25) is 0 Å². The van der Waals surface area contributed by atoms with E-state index in [0.29, 0.717) is 28.9 Å². The molecule has 9 heteroatoms. The van der Waals surface area contributed by atoms with Gasteiger partial charge in [-0.1, -0.05) is 36.4 Å². The average molecular weight is 545 g/mol. The van der Waals surface area contributed by atoms with Crippen molar-refractivity contribution in [2.75, 3.05) is 19.0 Å². The first-order valence-corrected chi connectivity index (χ1v) is 13.0. The summed E-state index contributed by atoms with van der Waals surface area (Å²) in [6.45, 7) is 2.00. The van der Waals surface area contributed by atoms with Gasteiger partial charge < -0.3 is 19.9 Å². The maximum atomic E-state index is 14.6. The van der Waals surface area contributed by atoms with Crippen LogP contribution in [0.15, 0.2) is 73.1 Å². The molecule has 2 atom stereocenters. The van der Waals surface area contributed by atoms with Crippen molar-refractivity contribution < 1.29 is 23.5 Å². The van der Waals surface area contributed by atoms with E-state index in [4.69, 9.17) is 0 Å². The Morgan fingerprint density at radius 1 is 1.02 bits per heavy atom. The van der Waals surface area contributed by atoms with Gasteiger partial charge in [0.2, 0.25) is 5.91 Å². The molecule has 0 fully saturated rings. The third-order valence-corrected chi connectivity index (χ3v) is 7.50. The van der Waals surface area contributed by atoms with Gasteiger partial charge in [-0.25, -0.2) is 18.6 Å². The maximum absolute atomic E-state index is 14.6. The van der Waals surface area contributed by atoms with Crippen molar-refractivity contribution in [1.82, 2.24) is 14.9 Å². The zero-order valence-corrected chi connectivity index (χ0v) is 22.4. The number of fused-ring (bicyclic) bond motifs is 1. The second kappa shape index (κ2) is 10.9. The van der Waals surface area contributed by atoms with Crippen LogP contribution < -0.4 is 4.90 Å². The molecule has 1 aliphatic heterocycles. The Morgan fingerprint density at radius 3 is 2.15 bits per heavy atom. The van der Waals surface area contributed by atoms with Gasteiger partial charge in [0.05, 0.1) is 24.0 Å². The number of carboxylic acids is 1. The molecular weight excluding hydrogens is 514 g/mol. The summed E-state index contributed by atoms with van der Waals surface area (Å²) >= 11 is 0. The summed E-state index contributed by atoms with van der Waals surface area (Å²) in [6.07, 6.45) is 1.91. The van der Waals surface area contributed by atoms with Gasteiger partial charge in [0.1, 0.15) is 17.7 Å². The molecular formula is C31H30F2N4O3. The summed E-state index contributed by atoms with van der Waals surface area (Å²) in [7, 11) is 3.92. The molecule has 0 spiro atoms. The highest BCUT2D eigenvalue weighted by atomic mass is 19.1. The van der Waals surface area contributed by atoms with Crippen LogP contribution in [0.1, 0.15) is 45.6 Å². The van der Waals surface area contributed by atoms with Crippen LogP contribution in [0.3, 0.4) is 0 Å². The van der Waals surface area contributed by atoms with E-state index in [-0.39, 0.29) is 6.42 Å². The highest BCUT2D eigenvalue weighted by Crippen LogP contribution is 2.39. The predicted octanol–water partition coefficient (Wildman–Crippen LogP) is 5.02. The Kier molecular flexibility index (Phi) is 7.38. The monoisotopic (exact) mass is 544 g/mol. The SMILES string of the molecule is Cc1cc(CC2c3nc[nH]c3C[C@@H](C(=O)O)N2C(=O)C(c2ccc(F)cc2)c2ccc(F)cc2)ccc1N(C)C. The molecule has 1 amide bonds. The fraction of sp³-hybridized carbons (Fsp3) is 0.258. The zero-order chi connectivity index (χ0) is 28.6. The van der Waals surface area contributed by atoms with Gasteiger partial charge in [-0.3, -0.25) is 4.79 Å². The molecule has 0 radical (unpaired) electrons. The number of rotatable bonds is 7. The largest absolute Gasteiger partial charge is 0.480 e. The molecule has 1 aromatic heterocycles. The van der Waals surface area contributed by atoms with Crippen molar-refractivity contribution >= 4 is 17.6 Å². The van der Waals surface area contributed by atoms with Crippen LogP contribution in [0.4, 0.5) is 14.5 Å². The second-order valence-corrected chi connectivity index (χ2v) is 10.3. The number of hydrogen-bond donors (Lipinski definition) is 2. The van der Waals surface area contributed by atoms with Crippen LogP contribution in [0.25, 0.3) is 0 Å². The number of hydrogen-bond acceptors (Lipinski definition) is 4. The summed E-state index contributed by atoms with van der Waals surface area (Å²) in [4.78, 5) is 38.2. The Hall–Kier alpha value is -4.53. The number of carbonyl (C=O) groups is 2. The van der Waals surface area contributed by atoms with E-state index in [1.54, 1.807) is 0 Å². The van der Waals surface area contributed by atoms with E-state index in [0.717, 1.165) is 16.8 Å². The third kappa shape index (κ3) is 5.19. The van der Waals surface area contributed by atoms with E-state index in [1.165, 1.54) is 59.8 Å². The van der Waals surface area contributed by atoms with Crippen molar-refractivity contribution in [3.05, 3.63) is 118 Å². The number of aryl methyl sites for hydroxylation is 1. The van der Waals surface area contributed by atoms with Crippen LogP contribution in [0, 0.1) is 18.6 Å². The molecule has 0 saturated carbocycles. The van der Waals surface area contributed by atoms with Crippen molar-refractivity contribution in [2.45, 2.75) is 37.8 Å². The number of aromatic amines is 1. The number of nitrogens with one attached hydrogen (secondary N) is 1. The fourth-order valence-electron chi connectivity index (χ4n) is 5.64. The minimum atomic E-state index is -1.17. The smallest absolute Gasteiger partial charge is 0.326 e. The number of aromatic nitrogens is 2. The average Bonchev–Trinajstić information content (AvgIpc) is 3.39. The Bertz CT molecular complexity index is 1490. The fourth-order valence-corrected chi connectivity index (χ4v) is 5.64. The summed E-state index contributed by atoms with van der Waals surface area (Å²) in [6, 6.07) is 15.2. The molecule has 2 heterocycles. The summed E-state index contributed by atoms with van der Waals surface area (Å²) < 4.78 is 27.7. The number of carbonyl (C=O) groups excluding carboxylic acids is 1. The lowest BCUT2D eigenvalue weighted by molar-refractivity contribution is -0.154. The topological polar surface area (TPSA) is 89.5 Å². The van der Waals surface area contributed by atoms with Crippen LogP contribution in [-0.2, 0) is 22.4 Å². The Morgan fingerprint density at radius 2 is 1.62 bits per heavy atom. The van der Waals surface area contributed by atoms with Gasteiger partial charge in [0.15, 0.2) is 0 Å². The van der Waals surface area contributed by atoms with Gasteiger partial charge in [0, 0.05) is 31.9 Å². The minimum absolute atomic E-state index is 0.0606. The number of halogens is 2. The van der Waals surface area contributed by atoms with Crippen LogP contribution in [0.5, 0.6) is 0 Å². The van der Waals surface area contributed by atoms with Gasteiger partial charge in [0.25, 0.3) is 0 Å². The molecule has 0 bridgehead atoms. The lowest BCUT2D eigenvalue weighted by atomic mass is 9.85. The van der Waals surface area contributed by atoms with E-state index in [2.05, 4.69) is 9.97 Å². The van der Waals surface area contributed by atoms with Gasteiger partial charge in [-0.15, -0.1) is 0 Å². The molecule has 206 valence electrons. The molecule has 5 rings (SSSR count). The predicted molar refractivity (Wildman–Crippen MR) is 147 cm³/mol. The lowest BCUT2D eigenvalue weighted by Crippen LogP contribution is -2.53. The van der Waals surface area contributed by atoms with E-state index in [1.807, 2.05) is 44.1 Å². The molecule has 0 aliphatic carbocycles. The molecule has 1 unspecified atom stereocenters. The zero-order valence-electron chi connectivity index (χ0n) is 22.4. The molecule has 1 aliphatic rings. The first kappa shape index (κ1) is 27.1. The van der Waals surface area contributed by atoms with E-state index in [9.17, 15) is 23.5 Å². The summed E-state index contributed by atoms with van der Waals surface area (Å²) in [5.74, 6) is -3.54. The molecule has 2 N–H and O–H groups in total. The van der Waals surface area contributed by atoms with Crippen molar-refractivity contribution in [1.29, 1.82) is 0 Å². The summed E-state index contributed by atoms with van der Waals surface area (Å²) in [5.41, 5.74) is 5.24. The van der Waals surface area contributed by atoms with Gasteiger partial charge >= 0.3 is 5.97 Å². The molecule has 3 aromatic carbocycles. The van der Waals surface area contributed by atoms with Crippen molar-refractivity contribution in [3.8, 4) is 0 Å². The molecule has 0 saturated heterocycles. The minimum Gasteiger partial charge on any atom is -0.480 e. The maximum Gasteiger partial charge on any atom is 0.326 e. The quantitative estimate of drug-likeness (QED) is 0.341. The van der Waals surface area contributed by atoms with Crippen LogP contribution >= 0.6 is 0 Å².